The quantitative estimate of drug-likeness (QED) is 0.237. The van der Waals surface area contributed by atoms with Crippen LogP contribution in [0, 0.1) is 0 Å². The summed E-state index contributed by atoms with van der Waals surface area (Å²) in [6.45, 7) is 5.53. The molecule has 0 radical (unpaired) electrons. The number of hydrogen-bond acceptors (Lipinski definition) is 1. The largest absolute Gasteiger partial charge is 0.273 e. The third kappa shape index (κ3) is 17.3. The molecule has 0 aliphatic rings. The highest BCUT2D eigenvalue weighted by atomic mass is 16.1. The molecular formula is C19H37NO. The predicted molar refractivity (Wildman–Crippen MR) is 94.1 cm³/mol. The maximum atomic E-state index is 10.9. The average molecular weight is 296 g/mol. The van der Waals surface area contributed by atoms with E-state index >= 15 is 0 Å². The number of carbonyl (C=O) groups excluding carboxylic acids is 1. The van der Waals surface area contributed by atoms with Crippen LogP contribution in [-0.4, -0.2) is 12.6 Å². The summed E-state index contributed by atoms with van der Waals surface area (Å²) in [5.41, 5.74) is 0. The molecule has 1 amide bonds. The molecule has 124 valence electrons. The Bertz CT molecular complexity index is 238. The van der Waals surface area contributed by atoms with Crippen LogP contribution in [-0.2, 0) is 4.79 Å². The number of carbonyl (C=O) groups is 1. The second kappa shape index (κ2) is 17.4. The SMILES string of the molecule is C=NC(=O)CCCCCCCCCCCCCCCCC. The van der Waals surface area contributed by atoms with Gasteiger partial charge in [-0.25, -0.2) is 4.99 Å². The number of hydrogen-bond donors (Lipinski definition) is 0. The summed E-state index contributed by atoms with van der Waals surface area (Å²) in [4.78, 5) is 14.3. The Morgan fingerprint density at radius 3 is 1.33 bits per heavy atom. The molecule has 0 aromatic rings. The van der Waals surface area contributed by atoms with Crippen molar-refractivity contribution in [3.05, 3.63) is 0 Å². The molecule has 0 aliphatic heterocycles. The van der Waals surface area contributed by atoms with Crippen LogP contribution in [0.2, 0.25) is 0 Å². The van der Waals surface area contributed by atoms with Gasteiger partial charge in [-0.1, -0.05) is 96.8 Å². The van der Waals surface area contributed by atoms with Crippen LogP contribution in [0.3, 0.4) is 0 Å². The van der Waals surface area contributed by atoms with Gasteiger partial charge >= 0.3 is 0 Å². The van der Waals surface area contributed by atoms with Gasteiger partial charge in [-0.3, -0.25) is 4.79 Å². The molecule has 0 saturated carbocycles. The van der Waals surface area contributed by atoms with E-state index in [1.807, 2.05) is 0 Å². The minimum Gasteiger partial charge on any atom is -0.273 e. The molecule has 0 bridgehead atoms. The van der Waals surface area contributed by atoms with Crippen LogP contribution in [0.1, 0.15) is 110 Å². The van der Waals surface area contributed by atoms with Crippen LogP contribution in [0.15, 0.2) is 4.99 Å². The highest BCUT2D eigenvalue weighted by Crippen LogP contribution is 2.13. The fourth-order valence-electron chi connectivity index (χ4n) is 2.73. The molecule has 0 atom stereocenters. The van der Waals surface area contributed by atoms with Gasteiger partial charge in [0.1, 0.15) is 0 Å². The summed E-state index contributed by atoms with van der Waals surface area (Å²) in [6, 6.07) is 0. The van der Waals surface area contributed by atoms with Crippen LogP contribution in [0.25, 0.3) is 0 Å². The lowest BCUT2D eigenvalue weighted by atomic mass is 10.0. The molecule has 0 N–H and O–H groups in total. The Labute approximate surface area is 132 Å². The number of nitrogens with zero attached hydrogens (tertiary/aromatic N) is 1. The normalized spacial score (nSPS) is 10.7. The van der Waals surface area contributed by atoms with Crippen molar-refractivity contribution in [2.24, 2.45) is 4.99 Å². The molecule has 0 spiro atoms. The molecule has 2 heteroatoms. The third-order valence-corrected chi connectivity index (χ3v) is 4.17. The van der Waals surface area contributed by atoms with Gasteiger partial charge in [-0.2, -0.15) is 0 Å². The van der Waals surface area contributed by atoms with Gasteiger partial charge in [0.05, 0.1) is 0 Å². The van der Waals surface area contributed by atoms with Gasteiger partial charge in [-0.05, 0) is 13.1 Å². The first-order valence-electron chi connectivity index (χ1n) is 9.30. The van der Waals surface area contributed by atoms with E-state index in [0.29, 0.717) is 6.42 Å². The van der Waals surface area contributed by atoms with Crippen molar-refractivity contribution in [3.8, 4) is 0 Å². The predicted octanol–water partition coefficient (Wildman–Crippen LogP) is 6.48. The Morgan fingerprint density at radius 1 is 0.667 bits per heavy atom. The number of amides is 1. The summed E-state index contributed by atoms with van der Waals surface area (Å²) < 4.78 is 0. The lowest BCUT2D eigenvalue weighted by Crippen LogP contribution is -1.91. The van der Waals surface area contributed by atoms with E-state index in [1.165, 1.54) is 89.9 Å². The Morgan fingerprint density at radius 2 is 1.00 bits per heavy atom. The fourth-order valence-corrected chi connectivity index (χ4v) is 2.73. The summed E-state index contributed by atoms with van der Waals surface area (Å²) in [6.07, 6.45) is 20.9. The second-order valence-electron chi connectivity index (χ2n) is 6.25. The minimum atomic E-state index is -0.0512. The summed E-state index contributed by atoms with van der Waals surface area (Å²) >= 11 is 0. The Balaban J connectivity index is 2.99. The zero-order chi connectivity index (χ0) is 15.6. The molecule has 0 rings (SSSR count). The highest BCUT2D eigenvalue weighted by Gasteiger charge is 1.97. The standard InChI is InChI=1S/C19H37NO/c1-3-4-5-6-7-8-9-10-11-12-13-14-15-16-17-18-19(21)20-2/h2-18H2,1H3. The minimum absolute atomic E-state index is 0.0512. The van der Waals surface area contributed by atoms with E-state index < -0.39 is 0 Å². The zero-order valence-corrected chi connectivity index (χ0v) is 14.4. The third-order valence-electron chi connectivity index (χ3n) is 4.17. The Kier molecular flexibility index (Phi) is 16.8. The van der Waals surface area contributed by atoms with Crippen molar-refractivity contribution in [1.82, 2.24) is 0 Å². The molecule has 0 heterocycles. The van der Waals surface area contributed by atoms with E-state index in [9.17, 15) is 4.79 Å². The second-order valence-corrected chi connectivity index (χ2v) is 6.25. The van der Waals surface area contributed by atoms with E-state index in [1.54, 1.807) is 0 Å². The number of rotatable bonds is 16. The molecule has 0 unspecified atom stereocenters. The first kappa shape index (κ1) is 20.3. The van der Waals surface area contributed by atoms with Crippen molar-refractivity contribution >= 4 is 12.6 Å². The van der Waals surface area contributed by atoms with Crippen LogP contribution < -0.4 is 0 Å². The molecular weight excluding hydrogens is 258 g/mol. The number of aliphatic imine (C=N–C) groups is 1. The maximum absolute atomic E-state index is 10.9. The van der Waals surface area contributed by atoms with Gasteiger partial charge < -0.3 is 0 Å². The Hall–Kier alpha value is -0.660. The molecule has 0 fully saturated rings. The molecule has 0 aromatic heterocycles. The van der Waals surface area contributed by atoms with Crippen molar-refractivity contribution in [2.45, 2.75) is 110 Å². The molecule has 21 heavy (non-hydrogen) atoms. The lowest BCUT2D eigenvalue weighted by Gasteiger charge is -2.03. The van der Waals surface area contributed by atoms with Gasteiger partial charge in [0.15, 0.2) is 0 Å². The lowest BCUT2D eigenvalue weighted by molar-refractivity contribution is -0.117. The van der Waals surface area contributed by atoms with E-state index in [4.69, 9.17) is 0 Å². The van der Waals surface area contributed by atoms with Crippen molar-refractivity contribution in [3.63, 3.8) is 0 Å². The highest BCUT2D eigenvalue weighted by molar-refractivity contribution is 5.80. The molecule has 2 nitrogen and oxygen atoms in total. The van der Waals surface area contributed by atoms with Gasteiger partial charge in [0, 0.05) is 6.42 Å². The molecule has 0 aromatic carbocycles. The molecule has 0 saturated heterocycles. The van der Waals surface area contributed by atoms with Crippen LogP contribution >= 0.6 is 0 Å². The molecule has 0 aliphatic carbocycles. The zero-order valence-electron chi connectivity index (χ0n) is 14.4. The van der Waals surface area contributed by atoms with E-state index in [0.717, 1.165) is 6.42 Å². The van der Waals surface area contributed by atoms with E-state index in [-0.39, 0.29) is 5.91 Å². The monoisotopic (exact) mass is 295 g/mol. The smallest absolute Gasteiger partial charge is 0.245 e. The summed E-state index contributed by atoms with van der Waals surface area (Å²) in [5, 5.41) is 0. The fraction of sp³-hybridized carbons (Fsp3) is 0.895. The van der Waals surface area contributed by atoms with Gasteiger partial charge in [0.2, 0.25) is 5.91 Å². The topological polar surface area (TPSA) is 29.4 Å². The van der Waals surface area contributed by atoms with Gasteiger partial charge in [-0.15, -0.1) is 0 Å². The summed E-state index contributed by atoms with van der Waals surface area (Å²) in [5.74, 6) is -0.0512. The van der Waals surface area contributed by atoms with Crippen molar-refractivity contribution in [1.29, 1.82) is 0 Å². The van der Waals surface area contributed by atoms with Crippen molar-refractivity contribution < 1.29 is 4.79 Å². The van der Waals surface area contributed by atoms with Crippen LogP contribution in [0.4, 0.5) is 0 Å². The first-order valence-corrected chi connectivity index (χ1v) is 9.30. The summed E-state index contributed by atoms with van der Waals surface area (Å²) in [7, 11) is 0. The van der Waals surface area contributed by atoms with E-state index in [2.05, 4.69) is 18.6 Å². The van der Waals surface area contributed by atoms with Gasteiger partial charge in [0.25, 0.3) is 0 Å². The average Bonchev–Trinajstić information content (AvgIpc) is 2.50. The first-order chi connectivity index (χ1) is 10.3. The number of unbranched alkanes of at least 4 members (excludes halogenated alkanes) is 14. The van der Waals surface area contributed by atoms with Crippen molar-refractivity contribution in [2.75, 3.05) is 0 Å². The maximum Gasteiger partial charge on any atom is 0.245 e. The van der Waals surface area contributed by atoms with Crippen LogP contribution in [0.5, 0.6) is 0 Å².